The molecule has 2 N–H and O–H groups in total. The first-order valence-corrected chi connectivity index (χ1v) is 8.57. The molecule has 7 heteroatoms. The van der Waals surface area contributed by atoms with E-state index in [1.165, 1.54) is 0 Å². The number of hydrogen-bond donors (Lipinski definition) is 2. The van der Waals surface area contributed by atoms with E-state index < -0.39 is 17.3 Å². The fourth-order valence-corrected chi connectivity index (χ4v) is 2.59. The second kappa shape index (κ2) is 7.56. The van der Waals surface area contributed by atoms with Crippen LogP contribution in [-0.4, -0.2) is 29.2 Å². The number of nitrogens with one attached hydrogen (secondary N) is 1. The summed E-state index contributed by atoms with van der Waals surface area (Å²) in [4.78, 5) is 23.7. The van der Waals surface area contributed by atoms with Crippen molar-refractivity contribution in [2.24, 2.45) is 0 Å². The number of benzene rings is 2. The number of rotatable bonds is 6. The van der Waals surface area contributed by atoms with E-state index in [0.717, 1.165) is 5.56 Å². The van der Waals surface area contributed by atoms with Gasteiger partial charge in [0, 0.05) is 17.3 Å². The Labute approximate surface area is 161 Å². The van der Waals surface area contributed by atoms with Crippen molar-refractivity contribution in [3.05, 3.63) is 65.9 Å². The molecule has 0 saturated heterocycles. The largest absolute Gasteiger partial charge is 0.497 e. The predicted molar refractivity (Wildman–Crippen MR) is 104 cm³/mol. The molecule has 0 spiro atoms. The van der Waals surface area contributed by atoms with Crippen molar-refractivity contribution in [3.63, 3.8) is 0 Å². The van der Waals surface area contributed by atoms with E-state index >= 15 is 0 Å². The molecule has 0 atom stereocenters. The Bertz CT molecular complexity index is 1010. The molecule has 7 nitrogen and oxygen atoms in total. The number of carbonyl (C=O) groups is 2. The van der Waals surface area contributed by atoms with Crippen molar-refractivity contribution >= 4 is 17.6 Å². The Morgan fingerprint density at radius 3 is 2.46 bits per heavy atom. The Hall–Kier alpha value is -3.61. The SMILES string of the molecule is COc1cccc(-c2cc(C(=O)Nc3ccc(C(C)(C)C(=O)O)cc3)on2)c1. The van der Waals surface area contributed by atoms with Crippen LogP contribution in [0.4, 0.5) is 5.69 Å². The highest BCUT2D eigenvalue weighted by Crippen LogP contribution is 2.26. The number of carbonyl (C=O) groups excluding carboxylic acids is 1. The van der Waals surface area contributed by atoms with Gasteiger partial charge in [-0.05, 0) is 43.7 Å². The van der Waals surface area contributed by atoms with Gasteiger partial charge in [0.2, 0.25) is 5.76 Å². The molecule has 0 radical (unpaired) electrons. The van der Waals surface area contributed by atoms with Gasteiger partial charge in [-0.2, -0.15) is 0 Å². The van der Waals surface area contributed by atoms with Crippen LogP contribution in [0.3, 0.4) is 0 Å². The summed E-state index contributed by atoms with van der Waals surface area (Å²) < 4.78 is 10.3. The number of aliphatic carboxylic acids is 1. The second-order valence-corrected chi connectivity index (χ2v) is 6.77. The van der Waals surface area contributed by atoms with Gasteiger partial charge in [-0.15, -0.1) is 0 Å². The lowest BCUT2D eigenvalue weighted by atomic mass is 9.85. The number of carboxylic acids is 1. The molecule has 0 bridgehead atoms. The zero-order valence-corrected chi connectivity index (χ0v) is 15.7. The lowest BCUT2D eigenvalue weighted by Crippen LogP contribution is -2.28. The minimum absolute atomic E-state index is 0.0627. The van der Waals surface area contributed by atoms with Crippen LogP contribution in [0, 0.1) is 0 Å². The second-order valence-electron chi connectivity index (χ2n) is 6.77. The van der Waals surface area contributed by atoms with Crippen LogP contribution in [0.5, 0.6) is 5.75 Å². The number of carboxylic acid groups (broad SMARTS) is 1. The first-order valence-electron chi connectivity index (χ1n) is 8.57. The van der Waals surface area contributed by atoms with E-state index in [2.05, 4.69) is 10.5 Å². The van der Waals surface area contributed by atoms with Crippen molar-refractivity contribution < 1.29 is 24.0 Å². The third-order valence-electron chi connectivity index (χ3n) is 4.50. The summed E-state index contributed by atoms with van der Waals surface area (Å²) in [6.07, 6.45) is 0. The first-order chi connectivity index (χ1) is 13.3. The molecule has 0 saturated carbocycles. The van der Waals surface area contributed by atoms with Crippen LogP contribution in [0.1, 0.15) is 30.0 Å². The van der Waals surface area contributed by atoms with Gasteiger partial charge in [0.15, 0.2) is 0 Å². The number of aromatic nitrogens is 1. The van der Waals surface area contributed by atoms with Crippen molar-refractivity contribution in [1.82, 2.24) is 5.16 Å². The molecule has 1 aromatic heterocycles. The molecule has 0 aliphatic carbocycles. The van der Waals surface area contributed by atoms with Gasteiger partial charge < -0.3 is 19.7 Å². The Morgan fingerprint density at radius 1 is 1.11 bits per heavy atom. The van der Waals surface area contributed by atoms with Gasteiger partial charge in [-0.1, -0.05) is 29.4 Å². The minimum Gasteiger partial charge on any atom is -0.497 e. The summed E-state index contributed by atoms with van der Waals surface area (Å²) in [6, 6.07) is 15.5. The van der Waals surface area contributed by atoms with E-state index in [0.29, 0.717) is 22.7 Å². The molecule has 144 valence electrons. The van der Waals surface area contributed by atoms with Crippen molar-refractivity contribution in [2.45, 2.75) is 19.3 Å². The molecule has 1 heterocycles. The van der Waals surface area contributed by atoms with Crippen LogP contribution >= 0.6 is 0 Å². The number of amides is 1. The fourth-order valence-electron chi connectivity index (χ4n) is 2.59. The number of anilines is 1. The average molecular weight is 380 g/mol. The highest BCUT2D eigenvalue weighted by molar-refractivity contribution is 6.02. The lowest BCUT2D eigenvalue weighted by molar-refractivity contribution is -0.142. The molecule has 0 aliphatic rings. The van der Waals surface area contributed by atoms with Crippen molar-refractivity contribution in [3.8, 4) is 17.0 Å². The number of ether oxygens (including phenoxy) is 1. The smallest absolute Gasteiger partial charge is 0.313 e. The Kier molecular flexibility index (Phi) is 5.17. The molecular formula is C21H20N2O5. The minimum atomic E-state index is -1.01. The number of hydrogen-bond acceptors (Lipinski definition) is 5. The zero-order valence-electron chi connectivity index (χ0n) is 15.7. The molecule has 0 aliphatic heterocycles. The van der Waals surface area contributed by atoms with Gasteiger partial charge >= 0.3 is 5.97 Å². The molecule has 3 rings (SSSR count). The molecule has 1 amide bonds. The molecule has 0 unspecified atom stereocenters. The summed E-state index contributed by atoms with van der Waals surface area (Å²) in [5, 5.41) is 15.9. The van der Waals surface area contributed by atoms with E-state index in [4.69, 9.17) is 9.26 Å². The maximum atomic E-state index is 12.4. The van der Waals surface area contributed by atoms with Gasteiger partial charge in [-0.25, -0.2) is 0 Å². The number of nitrogens with zero attached hydrogens (tertiary/aromatic N) is 1. The van der Waals surface area contributed by atoms with E-state index in [-0.39, 0.29) is 5.76 Å². The quantitative estimate of drug-likeness (QED) is 0.671. The molecule has 2 aromatic carbocycles. The third kappa shape index (κ3) is 3.88. The summed E-state index contributed by atoms with van der Waals surface area (Å²) in [7, 11) is 1.57. The summed E-state index contributed by atoms with van der Waals surface area (Å²) >= 11 is 0. The molecule has 28 heavy (non-hydrogen) atoms. The normalized spacial score (nSPS) is 11.1. The maximum Gasteiger partial charge on any atom is 0.313 e. The van der Waals surface area contributed by atoms with Crippen LogP contribution < -0.4 is 10.1 Å². The first kappa shape index (κ1) is 19.2. The van der Waals surface area contributed by atoms with Crippen LogP contribution in [0.2, 0.25) is 0 Å². The van der Waals surface area contributed by atoms with Crippen molar-refractivity contribution in [1.29, 1.82) is 0 Å². The third-order valence-corrected chi connectivity index (χ3v) is 4.50. The zero-order chi connectivity index (χ0) is 20.3. The van der Waals surface area contributed by atoms with Crippen LogP contribution in [-0.2, 0) is 10.2 Å². The fraction of sp³-hybridized carbons (Fsp3) is 0.190. The molecule has 3 aromatic rings. The Morgan fingerprint density at radius 2 is 1.82 bits per heavy atom. The predicted octanol–water partition coefficient (Wildman–Crippen LogP) is 3.96. The molecule has 0 fully saturated rings. The van der Waals surface area contributed by atoms with Crippen LogP contribution in [0.15, 0.2) is 59.1 Å². The average Bonchev–Trinajstić information content (AvgIpc) is 3.19. The van der Waals surface area contributed by atoms with Crippen LogP contribution in [0.25, 0.3) is 11.3 Å². The molecular weight excluding hydrogens is 360 g/mol. The lowest BCUT2D eigenvalue weighted by Gasteiger charge is -2.19. The summed E-state index contributed by atoms with van der Waals surface area (Å²) in [5.41, 5.74) is 1.43. The monoisotopic (exact) mass is 380 g/mol. The van der Waals surface area contributed by atoms with Gasteiger partial charge in [0.1, 0.15) is 11.4 Å². The van der Waals surface area contributed by atoms with E-state index in [1.54, 1.807) is 57.4 Å². The summed E-state index contributed by atoms with van der Waals surface area (Å²) in [5.74, 6) is -0.633. The highest BCUT2D eigenvalue weighted by Gasteiger charge is 2.29. The maximum absolute atomic E-state index is 12.4. The highest BCUT2D eigenvalue weighted by atomic mass is 16.5. The van der Waals surface area contributed by atoms with E-state index in [9.17, 15) is 14.7 Å². The topological polar surface area (TPSA) is 102 Å². The Balaban J connectivity index is 1.73. The van der Waals surface area contributed by atoms with Gasteiger partial charge in [-0.3, -0.25) is 9.59 Å². The van der Waals surface area contributed by atoms with Gasteiger partial charge in [0.05, 0.1) is 12.5 Å². The standard InChI is InChI=1S/C21H20N2O5/c1-21(2,20(25)26)14-7-9-15(10-8-14)22-19(24)18-12-17(23-28-18)13-5-4-6-16(11-13)27-3/h4-12H,1-3H3,(H,22,24)(H,25,26). The van der Waals surface area contributed by atoms with Gasteiger partial charge in [0.25, 0.3) is 5.91 Å². The van der Waals surface area contributed by atoms with Crippen molar-refractivity contribution in [2.75, 3.05) is 12.4 Å². The van der Waals surface area contributed by atoms with E-state index in [1.807, 2.05) is 18.2 Å². The summed E-state index contributed by atoms with van der Waals surface area (Å²) in [6.45, 7) is 3.25. The number of methoxy groups -OCH3 is 1.